The molecule has 0 aromatic rings. The van der Waals surface area contributed by atoms with E-state index in [-0.39, 0.29) is 12.1 Å². The van der Waals surface area contributed by atoms with Gasteiger partial charge in [0.1, 0.15) is 6.10 Å². The Morgan fingerprint density at radius 3 is 2.85 bits per heavy atom. The van der Waals surface area contributed by atoms with E-state index in [1.807, 2.05) is 0 Å². The molecule has 1 saturated carbocycles. The first-order valence-electron chi connectivity index (χ1n) is 8.19. The first-order valence-corrected chi connectivity index (χ1v) is 8.19. The number of carbonyl (C=O) groups excluding carboxylic acids is 2. The Labute approximate surface area is 119 Å². The number of carbonyl (C=O) groups is 2. The molecule has 0 spiro atoms. The van der Waals surface area contributed by atoms with Gasteiger partial charge in [0.2, 0.25) is 5.91 Å². The van der Waals surface area contributed by atoms with Crippen molar-refractivity contribution in [1.29, 1.82) is 0 Å². The van der Waals surface area contributed by atoms with Crippen molar-refractivity contribution in [3.05, 3.63) is 0 Å². The van der Waals surface area contributed by atoms with E-state index >= 15 is 0 Å². The lowest BCUT2D eigenvalue weighted by Gasteiger charge is -2.47. The fourth-order valence-electron chi connectivity index (χ4n) is 5.59. The molecular weight excluding hydrogens is 254 g/mol. The van der Waals surface area contributed by atoms with Gasteiger partial charge in [0.25, 0.3) is 0 Å². The molecule has 6 atom stereocenters. The number of hydrogen-bond acceptors (Lipinski definition) is 3. The van der Waals surface area contributed by atoms with Gasteiger partial charge in [-0.1, -0.05) is 6.92 Å². The molecule has 4 fully saturated rings. The zero-order valence-electron chi connectivity index (χ0n) is 12.1. The van der Waals surface area contributed by atoms with Crippen molar-refractivity contribution in [3.8, 4) is 0 Å². The molecule has 0 N–H and O–H groups in total. The van der Waals surface area contributed by atoms with E-state index in [0.29, 0.717) is 48.5 Å². The summed E-state index contributed by atoms with van der Waals surface area (Å²) in [5.74, 6) is 2.20. The molecule has 3 saturated heterocycles. The van der Waals surface area contributed by atoms with Crippen molar-refractivity contribution >= 4 is 11.9 Å². The molecule has 3 unspecified atom stereocenters. The van der Waals surface area contributed by atoms with E-state index in [9.17, 15) is 9.59 Å². The fourth-order valence-corrected chi connectivity index (χ4v) is 5.59. The molecular formula is C16H23NO3. The molecule has 110 valence electrons. The van der Waals surface area contributed by atoms with Gasteiger partial charge in [-0.25, -0.2) is 0 Å². The lowest BCUT2D eigenvalue weighted by molar-refractivity contribution is -0.148. The SMILES string of the molecule is CC[C@H]1C2OC(=O)CC2C2CCN3C(=O)CCC[C@H]1[C@H]23. The highest BCUT2D eigenvalue weighted by molar-refractivity contribution is 5.77. The van der Waals surface area contributed by atoms with Crippen LogP contribution in [0.4, 0.5) is 0 Å². The maximum atomic E-state index is 12.3. The maximum absolute atomic E-state index is 12.3. The minimum Gasteiger partial charge on any atom is -0.462 e. The van der Waals surface area contributed by atoms with Crippen LogP contribution in [0, 0.1) is 23.7 Å². The Morgan fingerprint density at radius 2 is 2.05 bits per heavy atom. The minimum atomic E-state index is -0.0142. The topological polar surface area (TPSA) is 46.6 Å². The van der Waals surface area contributed by atoms with Gasteiger partial charge in [0.05, 0.1) is 6.42 Å². The van der Waals surface area contributed by atoms with E-state index in [0.717, 1.165) is 32.2 Å². The van der Waals surface area contributed by atoms with E-state index < -0.39 is 0 Å². The Balaban J connectivity index is 1.74. The Kier molecular flexibility index (Phi) is 2.83. The molecule has 4 heteroatoms. The monoisotopic (exact) mass is 277 g/mol. The molecule has 1 amide bonds. The number of amides is 1. The number of ether oxygens (including phenoxy) is 1. The first-order chi connectivity index (χ1) is 9.70. The summed E-state index contributed by atoms with van der Waals surface area (Å²) < 4.78 is 5.69. The van der Waals surface area contributed by atoms with Gasteiger partial charge in [-0.05, 0) is 37.5 Å². The number of hydrogen-bond donors (Lipinski definition) is 0. The lowest BCUT2D eigenvalue weighted by Crippen LogP contribution is -2.53. The van der Waals surface area contributed by atoms with E-state index in [2.05, 4.69) is 11.8 Å². The number of esters is 1. The average molecular weight is 277 g/mol. The van der Waals surface area contributed by atoms with Crippen LogP contribution in [0.1, 0.15) is 45.4 Å². The molecule has 20 heavy (non-hydrogen) atoms. The van der Waals surface area contributed by atoms with Crippen LogP contribution in [0.5, 0.6) is 0 Å². The highest BCUT2D eigenvalue weighted by Gasteiger charge is 2.59. The smallest absolute Gasteiger partial charge is 0.306 e. The molecule has 3 aliphatic heterocycles. The number of nitrogens with zero attached hydrogens (tertiary/aromatic N) is 1. The second kappa shape index (κ2) is 4.47. The molecule has 0 radical (unpaired) electrons. The first kappa shape index (κ1) is 12.7. The molecule has 4 rings (SSSR count). The Hall–Kier alpha value is -1.06. The molecule has 3 heterocycles. The molecule has 4 aliphatic rings. The Morgan fingerprint density at radius 1 is 1.20 bits per heavy atom. The van der Waals surface area contributed by atoms with Crippen molar-refractivity contribution in [2.45, 2.75) is 57.6 Å². The van der Waals surface area contributed by atoms with E-state index in [4.69, 9.17) is 4.74 Å². The average Bonchev–Trinajstić information content (AvgIpc) is 2.97. The van der Waals surface area contributed by atoms with Crippen LogP contribution in [0.15, 0.2) is 0 Å². The summed E-state index contributed by atoms with van der Waals surface area (Å²) in [6.45, 7) is 3.11. The van der Waals surface area contributed by atoms with Crippen LogP contribution < -0.4 is 0 Å². The second-order valence-corrected chi connectivity index (χ2v) is 6.98. The maximum Gasteiger partial charge on any atom is 0.306 e. The van der Waals surface area contributed by atoms with Crippen molar-refractivity contribution in [3.63, 3.8) is 0 Å². The fraction of sp³-hybridized carbons (Fsp3) is 0.875. The number of rotatable bonds is 1. The summed E-state index contributed by atoms with van der Waals surface area (Å²) in [5.41, 5.74) is 0. The Bertz CT molecular complexity index is 449. The van der Waals surface area contributed by atoms with Gasteiger partial charge >= 0.3 is 5.97 Å². The van der Waals surface area contributed by atoms with Crippen LogP contribution in [-0.2, 0) is 14.3 Å². The van der Waals surface area contributed by atoms with E-state index in [1.165, 1.54) is 0 Å². The molecule has 0 bridgehead atoms. The largest absolute Gasteiger partial charge is 0.462 e. The highest BCUT2D eigenvalue weighted by Crippen LogP contribution is 2.53. The highest BCUT2D eigenvalue weighted by atomic mass is 16.6. The summed E-state index contributed by atoms with van der Waals surface area (Å²) >= 11 is 0. The summed E-state index contributed by atoms with van der Waals surface area (Å²) in [6, 6.07) is 0.394. The summed E-state index contributed by atoms with van der Waals surface area (Å²) in [5, 5.41) is 0. The molecule has 0 aromatic heterocycles. The van der Waals surface area contributed by atoms with Crippen molar-refractivity contribution in [2.24, 2.45) is 23.7 Å². The zero-order chi connectivity index (χ0) is 13.9. The van der Waals surface area contributed by atoms with Gasteiger partial charge in [-0.2, -0.15) is 0 Å². The predicted molar refractivity (Wildman–Crippen MR) is 72.7 cm³/mol. The molecule has 4 nitrogen and oxygen atoms in total. The third-order valence-corrected chi connectivity index (χ3v) is 6.27. The van der Waals surface area contributed by atoms with Gasteiger partial charge in [0, 0.05) is 30.8 Å². The normalized spacial score (nSPS) is 46.8. The third-order valence-electron chi connectivity index (χ3n) is 6.27. The van der Waals surface area contributed by atoms with Crippen molar-refractivity contribution < 1.29 is 14.3 Å². The van der Waals surface area contributed by atoms with Gasteiger partial charge in [-0.15, -0.1) is 0 Å². The van der Waals surface area contributed by atoms with Gasteiger partial charge in [0.15, 0.2) is 0 Å². The second-order valence-electron chi connectivity index (χ2n) is 6.98. The quantitative estimate of drug-likeness (QED) is 0.688. The predicted octanol–water partition coefficient (Wildman–Crippen LogP) is 1.98. The van der Waals surface area contributed by atoms with E-state index in [1.54, 1.807) is 0 Å². The number of fused-ring (bicyclic) bond motifs is 2. The van der Waals surface area contributed by atoms with Gasteiger partial charge in [-0.3, -0.25) is 9.59 Å². The summed E-state index contributed by atoms with van der Waals surface area (Å²) in [6.07, 6.45) is 5.69. The standard InChI is InChI=1S/C16H23NO3/c1-2-9-10-4-3-5-13(18)17-7-6-11(15(10)17)12-8-14(19)20-16(9)12/h9-12,15-16H,2-8H2,1H3/t9-,10-,11?,12?,15-,16?/m1/s1. The van der Waals surface area contributed by atoms with Crippen molar-refractivity contribution in [1.82, 2.24) is 4.90 Å². The van der Waals surface area contributed by atoms with Crippen molar-refractivity contribution in [2.75, 3.05) is 6.54 Å². The van der Waals surface area contributed by atoms with Crippen LogP contribution in [0.25, 0.3) is 0 Å². The molecule has 0 aromatic carbocycles. The third kappa shape index (κ3) is 1.60. The zero-order valence-corrected chi connectivity index (χ0v) is 12.1. The van der Waals surface area contributed by atoms with Crippen LogP contribution in [0.2, 0.25) is 0 Å². The minimum absolute atomic E-state index is 0.0142. The summed E-state index contributed by atoms with van der Waals surface area (Å²) in [7, 11) is 0. The van der Waals surface area contributed by atoms with Crippen LogP contribution >= 0.6 is 0 Å². The van der Waals surface area contributed by atoms with Crippen LogP contribution in [0.3, 0.4) is 0 Å². The molecule has 1 aliphatic carbocycles. The lowest BCUT2D eigenvalue weighted by atomic mass is 9.62. The summed E-state index contributed by atoms with van der Waals surface area (Å²) in [4.78, 5) is 26.2. The van der Waals surface area contributed by atoms with Crippen LogP contribution in [-0.4, -0.2) is 35.5 Å². The van der Waals surface area contributed by atoms with Gasteiger partial charge < -0.3 is 9.64 Å².